The van der Waals surface area contributed by atoms with Gasteiger partial charge in [0.05, 0.1) is 19.2 Å². The van der Waals surface area contributed by atoms with Crippen molar-refractivity contribution in [3.63, 3.8) is 0 Å². The first kappa shape index (κ1) is 15.5. The number of nitrogens with zero attached hydrogens (tertiary/aromatic N) is 2. The number of carbonyl (C=O) groups excluding carboxylic acids is 1. The maximum Gasteiger partial charge on any atom is 0.317 e. The van der Waals surface area contributed by atoms with Crippen molar-refractivity contribution in [3.05, 3.63) is 12.3 Å². The Morgan fingerprint density at radius 3 is 3.05 bits per heavy atom. The van der Waals surface area contributed by atoms with Crippen LogP contribution in [0, 0.1) is 0 Å². The molecule has 19 heavy (non-hydrogen) atoms. The van der Waals surface area contributed by atoms with Crippen LogP contribution < -0.4 is 10.6 Å². The van der Waals surface area contributed by atoms with Crippen LogP contribution >= 0.6 is 0 Å². The Morgan fingerprint density at radius 2 is 2.37 bits per heavy atom. The maximum absolute atomic E-state index is 12.0. The predicted molar refractivity (Wildman–Crippen MR) is 73.2 cm³/mol. The number of allylic oxidation sites excluding steroid dienone is 1. The van der Waals surface area contributed by atoms with E-state index in [0.717, 1.165) is 5.70 Å². The van der Waals surface area contributed by atoms with Crippen LogP contribution in [0.4, 0.5) is 4.79 Å². The van der Waals surface area contributed by atoms with E-state index in [1.165, 1.54) is 0 Å². The molecule has 0 fully saturated rings. The molecule has 0 aromatic heterocycles. The number of hydrogen-bond acceptors (Lipinski definition) is 5. The third kappa shape index (κ3) is 5.27. The van der Waals surface area contributed by atoms with Gasteiger partial charge in [0.2, 0.25) is 0 Å². The van der Waals surface area contributed by atoms with E-state index in [1.807, 2.05) is 0 Å². The monoisotopic (exact) mass is 270 g/mol. The normalized spacial score (nSPS) is 18.6. The minimum atomic E-state index is -0.253. The van der Waals surface area contributed by atoms with Crippen LogP contribution in [0.5, 0.6) is 0 Å². The molecule has 0 saturated heterocycles. The van der Waals surface area contributed by atoms with Gasteiger partial charge in [-0.05, 0) is 6.42 Å². The minimum absolute atomic E-state index is 0.0277. The molecule has 0 radical (unpaired) electrons. The van der Waals surface area contributed by atoms with Crippen LogP contribution in [-0.2, 0) is 0 Å². The number of carbonyl (C=O) groups is 1. The molecule has 7 heteroatoms. The molecule has 0 aromatic carbocycles. The van der Waals surface area contributed by atoms with Crippen molar-refractivity contribution >= 4 is 12.2 Å². The molecule has 0 saturated carbocycles. The fourth-order valence-corrected chi connectivity index (χ4v) is 1.81. The van der Waals surface area contributed by atoms with E-state index in [-0.39, 0.29) is 31.8 Å². The summed E-state index contributed by atoms with van der Waals surface area (Å²) in [6.07, 6.45) is 2.16. The molecule has 0 spiro atoms. The second-order valence-corrected chi connectivity index (χ2v) is 4.28. The number of aliphatic hydroxyl groups is 2. The van der Waals surface area contributed by atoms with Crippen LogP contribution in [0.25, 0.3) is 0 Å². The van der Waals surface area contributed by atoms with E-state index >= 15 is 0 Å². The number of rotatable bonds is 6. The fraction of sp³-hybridized carbons (Fsp3) is 0.667. The Labute approximate surface area is 113 Å². The predicted octanol–water partition coefficient (Wildman–Crippen LogP) is -1.07. The lowest BCUT2D eigenvalue weighted by Gasteiger charge is -2.30. The SMILES string of the molecule is C=C1C=NC[C@@H](N(CCCO)C(=O)NCCO)CN1. The summed E-state index contributed by atoms with van der Waals surface area (Å²) < 4.78 is 0. The van der Waals surface area contributed by atoms with Gasteiger partial charge in [-0.3, -0.25) is 4.99 Å². The van der Waals surface area contributed by atoms with Gasteiger partial charge in [-0.1, -0.05) is 6.58 Å². The van der Waals surface area contributed by atoms with Gasteiger partial charge in [-0.2, -0.15) is 0 Å². The first-order chi connectivity index (χ1) is 9.19. The van der Waals surface area contributed by atoms with E-state index in [0.29, 0.717) is 26.1 Å². The molecule has 0 aromatic rings. The van der Waals surface area contributed by atoms with Crippen LogP contribution in [0.2, 0.25) is 0 Å². The average molecular weight is 270 g/mol. The summed E-state index contributed by atoms with van der Waals surface area (Å²) in [4.78, 5) is 17.9. The van der Waals surface area contributed by atoms with Gasteiger partial charge in [-0.15, -0.1) is 0 Å². The molecule has 1 aliphatic heterocycles. The zero-order valence-corrected chi connectivity index (χ0v) is 11.0. The molecule has 4 N–H and O–H groups in total. The molecule has 0 bridgehead atoms. The highest BCUT2D eigenvalue weighted by Crippen LogP contribution is 2.05. The Hall–Kier alpha value is -1.60. The van der Waals surface area contributed by atoms with Gasteiger partial charge in [0, 0.05) is 38.2 Å². The zero-order valence-electron chi connectivity index (χ0n) is 11.0. The summed E-state index contributed by atoms with van der Waals surface area (Å²) in [5, 5.41) is 23.4. The molecule has 1 atom stereocenters. The molecule has 108 valence electrons. The highest BCUT2D eigenvalue weighted by molar-refractivity contribution is 5.77. The second kappa shape index (κ2) is 8.49. The summed E-state index contributed by atoms with van der Waals surface area (Å²) >= 11 is 0. The Balaban J connectivity index is 2.63. The summed E-state index contributed by atoms with van der Waals surface area (Å²) in [7, 11) is 0. The highest BCUT2D eigenvalue weighted by Gasteiger charge is 2.23. The third-order valence-electron chi connectivity index (χ3n) is 2.77. The lowest BCUT2D eigenvalue weighted by atomic mass is 10.2. The minimum Gasteiger partial charge on any atom is -0.396 e. The highest BCUT2D eigenvalue weighted by atomic mass is 16.3. The fourth-order valence-electron chi connectivity index (χ4n) is 1.81. The second-order valence-electron chi connectivity index (χ2n) is 4.28. The van der Waals surface area contributed by atoms with Gasteiger partial charge in [-0.25, -0.2) is 4.79 Å². The quantitative estimate of drug-likeness (QED) is 0.494. The van der Waals surface area contributed by atoms with E-state index in [2.05, 4.69) is 22.2 Å². The van der Waals surface area contributed by atoms with Crippen molar-refractivity contribution < 1.29 is 15.0 Å². The number of aliphatic hydroxyl groups excluding tert-OH is 2. The van der Waals surface area contributed by atoms with Gasteiger partial charge >= 0.3 is 6.03 Å². The van der Waals surface area contributed by atoms with E-state index in [4.69, 9.17) is 10.2 Å². The van der Waals surface area contributed by atoms with E-state index < -0.39 is 0 Å². The third-order valence-corrected chi connectivity index (χ3v) is 2.77. The van der Waals surface area contributed by atoms with Gasteiger partial charge in [0.25, 0.3) is 0 Å². The molecule has 0 unspecified atom stereocenters. The van der Waals surface area contributed by atoms with E-state index in [1.54, 1.807) is 11.1 Å². The van der Waals surface area contributed by atoms with Gasteiger partial charge in [0.1, 0.15) is 0 Å². The van der Waals surface area contributed by atoms with Crippen LogP contribution in [0.3, 0.4) is 0 Å². The number of aliphatic imine (C=N–C) groups is 1. The number of amides is 2. The smallest absolute Gasteiger partial charge is 0.317 e. The molecular weight excluding hydrogens is 248 g/mol. The van der Waals surface area contributed by atoms with Crippen LogP contribution in [-0.4, -0.2) is 72.8 Å². The summed E-state index contributed by atoms with van der Waals surface area (Å²) in [6, 6.07) is -0.349. The summed E-state index contributed by atoms with van der Waals surface area (Å²) in [5.74, 6) is 0. The largest absolute Gasteiger partial charge is 0.396 e. The summed E-state index contributed by atoms with van der Waals surface area (Å²) in [6.45, 7) is 5.42. The molecule has 0 aliphatic carbocycles. The van der Waals surface area contributed by atoms with Crippen molar-refractivity contribution in [3.8, 4) is 0 Å². The molecule has 1 aliphatic rings. The molecule has 1 heterocycles. The van der Waals surface area contributed by atoms with Gasteiger partial charge in [0.15, 0.2) is 0 Å². The van der Waals surface area contributed by atoms with Crippen molar-refractivity contribution in [2.75, 3.05) is 39.4 Å². The Bertz CT molecular complexity index is 333. The zero-order chi connectivity index (χ0) is 14.1. The van der Waals surface area contributed by atoms with Crippen molar-refractivity contribution in [2.24, 2.45) is 4.99 Å². The first-order valence-corrected chi connectivity index (χ1v) is 6.37. The standard InChI is InChI=1S/C12H22N4O3/c1-10-7-13-8-11(9-15-10)16(4-2-5-17)12(19)14-3-6-18/h7,11,15,17-18H,1-6,8-9H2,(H,14,19)/t11-/m1/s1. The molecule has 2 amide bonds. The Morgan fingerprint density at radius 1 is 1.58 bits per heavy atom. The Kier molecular flexibility index (Phi) is 6.91. The number of nitrogens with one attached hydrogen (secondary N) is 2. The van der Waals surface area contributed by atoms with Crippen molar-refractivity contribution in [1.82, 2.24) is 15.5 Å². The number of urea groups is 1. The molecule has 7 nitrogen and oxygen atoms in total. The number of hydrogen-bond donors (Lipinski definition) is 4. The van der Waals surface area contributed by atoms with Crippen molar-refractivity contribution in [1.29, 1.82) is 0 Å². The van der Waals surface area contributed by atoms with E-state index in [9.17, 15) is 4.79 Å². The lowest BCUT2D eigenvalue weighted by Crippen LogP contribution is -2.51. The van der Waals surface area contributed by atoms with Gasteiger partial charge < -0.3 is 25.7 Å². The summed E-state index contributed by atoms with van der Waals surface area (Å²) in [5.41, 5.74) is 0.723. The van der Waals surface area contributed by atoms with Crippen LogP contribution in [0.1, 0.15) is 6.42 Å². The van der Waals surface area contributed by atoms with Crippen LogP contribution in [0.15, 0.2) is 17.3 Å². The maximum atomic E-state index is 12.0. The molecular formula is C12H22N4O3. The molecule has 1 rings (SSSR count). The first-order valence-electron chi connectivity index (χ1n) is 6.37. The lowest BCUT2D eigenvalue weighted by molar-refractivity contribution is 0.164. The van der Waals surface area contributed by atoms with Crippen molar-refractivity contribution in [2.45, 2.75) is 12.5 Å². The topological polar surface area (TPSA) is 97.2 Å². The average Bonchev–Trinajstić information content (AvgIpc) is 2.62.